The van der Waals surface area contributed by atoms with E-state index in [-0.39, 0.29) is 11.9 Å². The zero-order valence-electron chi connectivity index (χ0n) is 12.4. The van der Waals surface area contributed by atoms with Crippen LogP contribution in [0.3, 0.4) is 0 Å². The van der Waals surface area contributed by atoms with E-state index in [1.165, 1.54) is 30.6 Å². The monoisotopic (exact) mass is 312 g/mol. The lowest BCUT2D eigenvalue weighted by molar-refractivity contribution is -0.117. The van der Waals surface area contributed by atoms with Crippen molar-refractivity contribution in [2.24, 2.45) is 5.92 Å². The Kier molecular flexibility index (Phi) is 5.01. The van der Waals surface area contributed by atoms with Crippen LogP contribution in [0.1, 0.15) is 42.2 Å². The molecular formula is C18H20N2OS. The fourth-order valence-corrected chi connectivity index (χ4v) is 3.90. The number of amides is 1. The Labute approximate surface area is 135 Å². The van der Waals surface area contributed by atoms with Crippen molar-refractivity contribution in [2.75, 3.05) is 0 Å². The molecule has 1 saturated carbocycles. The van der Waals surface area contributed by atoms with E-state index in [1.54, 1.807) is 29.8 Å². The maximum absolute atomic E-state index is 12.3. The average Bonchev–Trinajstić information content (AvgIpc) is 3.25. The molecule has 0 bridgehead atoms. The van der Waals surface area contributed by atoms with Crippen LogP contribution in [-0.2, 0) is 4.79 Å². The normalized spacial score (nSPS) is 16.9. The summed E-state index contributed by atoms with van der Waals surface area (Å²) in [5.41, 5.74) is 0.936. The molecule has 1 fully saturated rings. The molecule has 0 aliphatic heterocycles. The SMILES string of the molecule is O=C(/C=C/c1cccnc1)NC(c1cccs1)C1CCCC1. The van der Waals surface area contributed by atoms with Gasteiger partial charge in [0, 0.05) is 23.3 Å². The molecule has 1 atom stereocenters. The van der Waals surface area contributed by atoms with Crippen LogP contribution in [0.2, 0.25) is 0 Å². The number of carbonyl (C=O) groups excluding carboxylic acids is 1. The molecule has 1 N–H and O–H groups in total. The molecule has 3 rings (SSSR count). The number of pyridine rings is 1. The van der Waals surface area contributed by atoms with E-state index in [1.807, 2.05) is 18.2 Å². The average molecular weight is 312 g/mol. The van der Waals surface area contributed by atoms with Crippen molar-refractivity contribution >= 4 is 23.3 Å². The molecule has 2 aromatic heterocycles. The highest BCUT2D eigenvalue weighted by atomic mass is 32.1. The summed E-state index contributed by atoms with van der Waals surface area (Å²) in [4.78, 5) is 17.6. The predicted octanol–water partition coefficient (Wildman–Crippen LogP) is 4.20. The van der Waals surface area contributed by atoms with Gasteiger partial charge in [0.15, 0.2) is 0 Å². The van der Waals surface area contributed by atoms with E-state index in [2.05, 4.69) is 27.8 Å². The number of aromatic nitrogens is 1. The number of hydrogen-bond donors (Lipinski definition) is 1. The smallest absolute Gasteiger partial charge is 0.244 e. The Balaban J connectivity index is 1.67. The van der Waals surface area contributed by atoms with E-state index in [0.717, 1.165) is 5.56 Å². The molecule has 1 aliphatic rings. The minimum Gasteiger partial charge on any atom is -0.345 e. The van der Waals surface area contributed by atoms with Crippen molar-refractivity contribution in [3.63, 3.8) is 0 Å². The molecule has 1 aliphatic carbocycles. The van der Waals surface area contributed by atoms with Crippen LogP contribution in [0.15, 0.2) is 48.1 Å². The van der Waals surface area contributed by atoms with Gasteiger partial charge >= 0.3 is 0 Å². The number of thiophene rings is 1. The van der Waals surface area contributed by atoms with Crippen LogP contribution in [0.25, 0.3) is 6.08 Å². The van der Waals surface area contributed by atoms with Gasteiger partial charge in [0.25, 0.3) is 0 Å². The van der Waals surface area contributed by atoms with Crippen molar-refractivity contribution in [3.05, 3.63) is 58.6 Å². The molecule has 0 radical (unpaired) electrons. The molecule has 1 unspecified atom stereocenters. The quantitative estimate of drug-likeness (QED) is 0.841. The number of nitrogens with one attached hydrogen (secondary N) is 1. The van der Waals surface area contributed by atoms with Gasteiger partial charge in [-0.2, -0.15) is 0 Å². The second-order valence-electron chi connectivity index (χ2n) is 5.67. The summed E-state index contributed by atoms with van der Waals surface area (Å²) >= 11 is 1.73. The molecule has 0 aromatic carbocycles. The van der Waals surface area contributed by atoms with Crippen LogP contribution in [-0.4, -0.2) is 10.9 Å². The van der Waals surface area contributed by atoms with Gasteiger partial charge in [-0.15, -0.1) is 11.3 Å². The summed E-state index contributed by atoms with van der Waals surface area (Å²) in [5, 5.41) is 5.27. The molecule has 3 nitrogen and oxygen atoms in total. The minimum absolute atomic E-state index is 0.0332. The van der Waals surface area contributed by atoms with E-state index in [9.17, 15) is 4.79 Å². The molecular weight excluding hydrogens is 292 g/mol. The van der Waals surface area contributed by atoms with Crippen molar-refractivity contribution in [1.82, 2.24) is 10.3 Å². The number of hydrogen-bond acceptors (Lipinski definition) is 3. The van der Waals surface area contributed by atoms with Crippen LogP contribution >= 0.6 is 11.3 Å². The lowest BCUT2D eigenvalue weighted by Gasteiger charge is -2.23. The predicted molar refractivity (Wildman–Crippen MR) is 90.4 cm³/mol. The van der Waals surface area contributed by atoms with Crippen molar-refractivity contribution in [3.8, 4) is 0 Å². The maximum atomic E-state index is 12.3. The molecule has 22 heavy (non-hydrogen) atoms. The Morgan fingerprint density at radius 1 is 1.32 bits per heavy atom. The van der Waals surface area contributed by atoms with Gasteiger partial charge in [0.2, 0.25) is 5.91 Å². The van der Waals surface area contributed by atoms with Crippen LogP contribution in [0.4, 0.5) is 0 Å². The maximum Gasteiger partial charge on any atom is 0.244 e. The van der Waals surface area contributed by atoms with Crippen LogP contribution in [0, 0.1) is 5.92 Å². The molecule has 1 amide bonds. The van der Waals surface area contributed by atoms with E-state index in [4.69, 9.17) is 0 Å². The third kappa shape index (κ3) is 3.83. The molecule has 4 heteroatoms. The Bertz CT molecular complexity index is 616. The van der Waals surface area contributed by atoms with Crippen molar-refractivity contribution in [1.29, 1.82) is 0 Å². The fraction of sp³-hybridized carbons (Fsp3) is 0.333. The van der Waals surface area contributed by atoms with Crippen LogP contribution < -0.4 is 5.32 Å². The van der Waals surface area contributed by atoms with E-state index in [0.29, 0.717) is 5.92 Å². The number of carbonyl (C=O) groups is 1. The second kappa shape index (κ2) is 7.36. The molecule has 0 saturated heterocycles. The van der Waals surface area contributed by atoms with Crippen molar-refractivity contribution < 1.29 is 4.79 Å². The molecule has 2 aromatic rings. The van der Waals surface area contributed by atoms with Gasteiger partial charge in [0.05, 0.1) is 6.04 Å². The Hall–Kier alpha value is -1.94. The van der Waals surface area contributed by atoms with Gasteiger partial charge in [-0.3, -0.25) is 9.78 Å². The van der Waals surface area contributed by atoms with Gasteiger partial charge in [0.1, 0.15) is 0 Å². The summed E-state index contributed by atoms with van der Waals surface area (Å²) in [6.07, 6.45) is 11.8. The topological polar surface area (TPSA) is 42.0 Å². The number of rotatable bonds is 5. The second-order valence-corrected chi connectivity index (χ2v) is 6.65. The zero-order chi connectivity index (χ0) is 15.2. The minimum atomic E-state index is -0.0332. The van der Waals surface area contributed by atoms with Gasteiger partial charge in [-0.1, -0.05) is 25.0 Å². The highest BCUT2D eigenvalue weighted by Gasteiger charge is 2.27. The highest BCUT2D eigenvalue weighted by molar-refractivity contribution is 7.10. The summed E-state index contributed by atoms with van der Waals surface area (Å²) in [7, 11) is 0. The van der Waals surface area contributed by atoms with Crippen LogP contribution in [0.5, 0.6) is 0 Å². The third-order valence-electron chi connectivity index (χ3n) is 4.13. The Morgan fingerprint density at radius 3 is 2.86 bits per heavy atom. The van der Waals surface area contributed by atoms with E-state index < -0.39 is 0 Å². The Morgan fingerprint density at radius 2 is 2.18 bits per heavy atom. The summed E-state index contributed by atoms with van der Waals surface area (Å²) < 4.78 is 0. The first-order valence-electron chi connectivity index (χ1n) is 7.75. The molecule has 0 spiro atoms. The van der Waals surface area contributed by atoms with Gasteiger partial charge in [-0.25, -0.2) is 0 Å². The van der Waals surface area contributed by atoms with E-state index >= 15 is 0 Å². The lowest BCUT2D eigenvalue weighted by Crippen LogP contribution is -2.30. The first-order chi connectivity index (χ1) is 10.8. The summed E-state index contributed by atoms with van der Waals surface area (Å²) in [5.74, 6) is 0.531. The van der Waals surface area contributed by atoms with Crippen molar-refractivity contribution in [2.45, 2.75) is 31.7 Å². The third-order valence-corrected chi connectivity index (χ3v) is 5.09. The zero-order valence-corrected chi connectivity index (χ0v) is 13.3. The highest BCUT2D eigenvalue weighted by Crippen LogP contribution is 2.37. The summed E-state index contributed by atoms with van der Waals surface area (Å²) in [6.45, 7) is 0. The lowest BCUT2D eigenvalue weighted by atomic mass is 9.96. The first kappa shape index (κ1) is 15.0. The fourth-order valence-electron chi connectivity index (χ4n) is 3.03. The first-order valence-corrected chi connectivity index (χ1v) is 8.63. The standard InChI is InChI=1S/C18H20N2OS/c21-17(10-9-14-5-3-11-19-13-14)20-18(15-6-1-2-7-15)16-8-4-12-22-16/h3-5,8-13,15,18H,1-2,6-7H2,(H,20,21)/b10-9+. The summed E-state index contributed by atoms with van der Waals surface area (Å²) in [6, 6.07) is 8.13. The molecule has 2 heterocycles. The molecule has 114 valence electrons. The largest absolute Gasteiger partial charge is 0.345 e. The van der Waals surface area contributed by atoms with Gasteiger partial charge in [-0.05, 0) is 47.9 Å². The number of nitrogens with zero attached hydrogens (tertiary/aromatic N) is 1. The van der Waals surface area contributed by atoms with Gasteiger partial charge < -0.3 is 5.32 Å².